The highest BCUT2D eigenvalue weighted by Gasteiger charge is 2.11. The van der Waals surface area contributed by atoms with Crippen molar-refractivity contribution in [3.05, 3.63) is 23.8 Å². The summed E-state index contributed by atoms with van der Waals surface area (Å²) in [6, 6.07) is 0. The Bertz CT molecular complexity index is 490. The van der Waals surface area contributed by atoms with Crippen LogP contribution >= 0.6 is 0 Å². The molecule has 2 aromatic heterocycles. The van der Waals surface area contributed by atoms with Gasteiger partial charge in [0, 0.05) is 5.56 Å². The number of carbonyl (C=O) groups is 1. The zero-order valence-electron chi connectivity index (χ0n) is 7.89. The summed E-state index contributed by atoms with van der Waals surface area (Å²) in [6.07, 6.45) is 3.78. The molecule has 0 radical (unpaired) electrons. The molecule has 2 heterocycles. The molecule has 0 aliphatic heterocycles. The van der Waals surface area contributed by atoms with Crippen molar-refractivity contribution in [2.24, 2.45) is 0 Å². The monoisotopic (exact) mass is 191 g/mol. The van der Waals surface area contributed by atoms with E-state index in [0.717, 1.165) is 5.56 Å². The van der Waals surface area contributed by atoms with E-state index in [-0.39, 0.29) is 0 Å². The normalized spacial score (nSPS) is 10.4. The van der Waals surface area contributed by atoms with Gasteiger partial charge in [0.15, 0.2) is 6.29 Å². The van der Waals surface area contributed by atoms with E-state index < -0.39 is 0 Å². The predicted octanol–water partition coefficient (Wildman–Crippen LogP) is 0.859. The van der Waals surface area contributed by atoms with Gasteiger partial charge in [-0.1, -0.05) is 0 Å². The first-order chi connectivity index (χ1) is 6.77. The zero-order chi connectivity index (χ0) is 10.1. The average molecular weight is 191 g/mol. The number of aromatic nitrogens is 3. The molecule has 0 N–H and O–H groups in total. The van der Waals surface area contributed by atoms with E-state index in [4.69, 9.17) is 4.74 Å². The fourth-order valence-corrected chi connectivity index (χ4v) is 1.46. The molecule has 0 fully saturated rings. The smallest absolute Gasteiger partial charge is 0.170 e. The van der Waals surface area contributed by atoms with Gasteiger partial charge < -0.3 is 4.74 Å². The highest BCUT2D eigenvalue weighted by atomic mass is 16.5. The summed E-state index contributed by atoms with van der Waals surface area (Å²) in [5.74, 6) is 0.702. The van der Waals surface area contributed by atoms with Gasteiger partial charge in [-0.05, 0) is 6.92 Å². The first-order valence-electron chi connectivity index (χ1n) is 4.10. The van der Waals surface area contributed by atoms with Gasteiger partial charge in [-0.3, -0.25) is 4.79 Å². The maximum atomic E-state index is 10.7. The molecule has 0 atom stereocenters. The molecule has 0 aliphatic rings. The average Bonchev–Trinajstić information content (AvgIpc) is 2.55. The number of nitrogens with zero attached hydrogens (tertiary/aromatic N) is 3. The SMILES string of the molecule is COc1cn2ncnc(C=O)c2c1C. The van der Waals surface area contributed by atoms with Gasteiger partial charge in [0.2, 0.25) is 0 Å². The minimum absolute atomic E-state index is 0.376. The lowest BCUT2D eigenvalue weighted by Gasteiger charge is -1.96. The van der Waals surface area contributed by atoms with Crippen molar-refractivity contribution in [3.8, 4) is 5.75 Å². The second-order valence-corrected chi connectivity index (χ2v) is 2.88. The van der Waals surface area contributed by atoms with Gasteiger partial charge in [-0.15, -0.1) is 0 Å². The Morgan fingerprint density at radius 2 is 2.36 bits per heavy atom. The molecular weight excluding hydrogens is 182 g/mol. The highest BCUT2D eigenvalue weighted by Crippen LogP contribution is 2.24. The molecule has 0 aliphatic carbocycles. The number of rotatable bonds is 2. The van der Waals surface area contributed by atoms with Gasteiger partial charge in [-0.2, -0.15) is 5.10 Å². The Morgan fingerprint density at radius 1 is 1.57 bits per heavy atom. The Morgan fingerprint density at radius 3 is 3.00 bits per heavy atom. The zero-order valence-corrected chi connectivity index (χ0v) is 7.89. The summed E-state index contributed by atoms with van der Waals surface area (Å²) in [5.41, 5.74) is 1.94. The van der Waals surface area contributed by atoms with Crippen molar-refractivity contribution < 1.29 is 9.53 Å². The lowest BCUT2D eigenvalue weighted by atomic mass is 10.2. The van der Waals surface area contributed by atoms with E-state index in [2.05, 4.69) is 10.1 Å². The van der Waals surface area contributed by atoms with Crippen molar-refractivity contribution in [2.75, 3.05) is 7.11 Å². The second-order valence-electron chi connectivity index (χ2n) is 2.88. The molecule has 0 saturated carbocycles. The summed E-state index contributed by atoms with van der Waals surface area (Å²) in [6.45, 7) is 1.87. The number of hydrogen-bond acceptors (Lipinski definition) is 4. The summed E-state index contributed by atoms with van der Waals surface area (Å²) in [4.78, 5) is 14.6. The van der Waals surface area contributed by atoms with Crippen LogP contribution in [0.1, 0.15) is 16.1 Å². The predicted molar refractivity (Wildman–Crippen MR) is 49.7 cm³/mol. The van der Waals surface area contributed by atoms with Crippen molar-refractivity contribution in [1.29, 1.82) is 0 Å². The molecule has 0 saturated heterocycles. The van der Waals surface area contributed by atoms with Crippen LogP contribution in [0.15, 0.2) is 12.5 Å². The Balaban J connectivity index is 2.85. The van der Waals surface area contributed by atoms with E-state index in [1.807, 2.05) is 6.92 Å². The number of fused-ring (bicyclic) bond motifs is 1. The molecule has 0 aromatic carbocycles. The van der Waals surface area contributed by atoms with Gasteiger partial charge >= 0.3 is 0 Å². The molecule has 0 bridgehead atoms. The fraction of sp³-hybridized carbons (Fsp3) is 0.222. The molecule has 2 rings (SSSR count). The lowest BCUT2D eigenvalue weighted by Crippen LogP contribution is -1.97. The van der Waals surface area contributed by atoms with Crippen LogP contribution in [0, 0.1) is 6.92 Å². The summed E-state index contributed by atoms with van der Waals surface area (Å²) >= 11 is 0. The summed E-state index contributed by atoms with van der Waals surface area (Å²) < 4.78 is 6.71. The lowest BCUT2D eigenvalue weighted by molar-refractivity contribution is 0.112. The van der Waals surface area contributed by atoms with Gasteiger partial charge in [-0.25, -0.2) is 9.50 Å². The van der Waals surface area contributed by atoms with E-state index in [9.17, 15) is 4.79 Å². The molecular formula is C9H9N3O2. The van der Waals surface area contributed by atoms with Crippen molar-refractivity contribution >= 4 is 11.8 Å². The van der Waals surface area contributed by atoms with Crippen molar-refractivity contribution in [1.82, 2.24) is 14.6 Å². The first kappa shape index (κ1) is 8.68. The van der Waals surface area contributed by atoms with Crippen molar-refractivity contribution in [3.63, 3.8) is 0 Å². The minimum atomic E-state index is 0.376. The number of carbonyl (C=O) groups excluding carboxylic acids is 1. The quantitative estimate of drug-likeness (QED) is 0.660. The number of hydrogen-bond donors (Lipinski definition) is 0. The Kier molecular flexibility index (Phi) is 1.92. The van der Waals surface area contributed by atoms with E-state index in [0.29, 0.717) is 23.2 Å². The minimum Gasteiger partial charge on any atom is -0.495 e. The number of aryl methyl sites for hydroxylation is 1. The van der Waals surface area contributed by atoms with Crippen LogP contribution in [0.2, 0.25) is 0 Å². The maximum absolute atomic E-state index is 10.7. The molecule has 2 aromatic rings. The van der Waals surface area contributed by atoms with Crippen LogP contribution < -0.4 is 4.74 Å². The largest absolute Gasteiger partial charge is 0.495 e. The summed E-state index contributed by atoms with van der Waals surface area (Å²) in [7, 11) is 1.58. The van der Waals surface area contributed by atoms with Crippen LogP contribution in [0.4, 0.5) is 0 Å². The standard InChI is InChI=1S/C9H9N3O2/c1-6-8(14-2)3-12-9(6)7(4-13)10-5-11-12/h3-5H,1-2H3. The van der Waals surface area contributed by atoms with Crippen LogP contribution in [-0.4, -0.2) is 28.0 Å². The molecule has 0 spiro atoms. The maximum Gasteiger partial charge on any atom is 0.170 e. The molecule has 72 valence electrons. The third-order valence-electron chi connectivity index (χ3n) is 2.14. The second kappa shape index (κ2) is 3.10. The third-order valence-corrected chi connectivity index (χ3v) is 2.14. The van der Waals surface area contributed by atoms with Gasteiger partial charge in [0.1, 0.15) is 23.3 Å². The Labute approximate surface area is 80.3 Å². The van der Waals surface area contributed by atoms with Gasteiger partial charge in [0.05, 0.1) is 13.3 Å². The molecule has 5 heteroatoms. The number of aldehydes is 1. The number of methoxy groups -OCH3 is 1. The number of ether oxygens (including phenoxy) is 1. The molecule has 14 heavy (non-hydrogen) atoms. The van der Waals surface area contributed by atoms with E-state index in [1.165, 1.54) is 6.33 Å². The molecule has 0 unspecified atom stereocenters. The van der Waals surface area contributed by atoms with Crippen LogP contribution in [0.25, 0.3) is 5.52 Å². The van der Waals surface area contributed by atoms with E-state index >= 15 is 0 Å². The molecule has 0 amide bonds. The van der Waals surface area contributed by atoms with Crippen LogP contribution in [-0.2, 0) is 0 Å². The third kappa shape index (κ3) is 1.06. The highest BCUT2D eigenvalue weighted by molar-refractivity contribution is 5.85. The van der Waals surface area contributed by atoms with Crippen LogP contribution in [0.5, 0.6) is 5.75 Å². The fourth-order valence-electron chi connectivity index (χ4n) is 1.46. The van der Waals surface area contributed by atoms with Crippen molar-refractivity contribution in [2.45, 2.75) is 6.92 Å². The van der Waals surface area contributed by atoms with Gasteiger partial charge in [0.25, 0.3) is 0 Å². The molecule has 5 nitrogen and oxygen atoms in total. The topological polar surface area (TPSA) is 56.5 Å². The summed E-state index contributed by atoms with van der Waals surface area (Å²) in [5, 5.41) is 3.99. The van der Waals surface area contributed by atoms with E-state index in [1.54, 1.807) is 17.8 Å². The van der Waals surface area contributed by atoms with Crippen LogP contribution in [0.3, 0.4) is 0 Å². The Hall–Kier alpha value is -1.91. The first-order valence-corrected chi connectivity index (χ1v) is 4.10.